The monoisotopic (exact) mass is 314 g/mol. The maximum Gasteiger partial charge on any atom is 0.259 e. The number of likely N-dealkylation sites (tertiary alicyclic amines) is 1. The number of amides is 1. The van der Waals surface area contributed by atoms with Crippen LogP contribution >= 0.6 is 0 Å². The van der Waals surface area contributed by atoms with E-state index < -0.39 is 5.79 Å². The molecule has 6 nitrogen and oxygen atoms in total. The SMILES string of the molecule is O=C(c1cnoc1-c1ccccc1)N1CCC2(CC1)OCCO2. The van der Waals surface area contributed by atoms with Gasteiger partial charge in [-0.15, -0.1) is 0 Å². The van der Waals surface area contributed by atoms with Crippen molar-refractivity contribution >= 4 is 5.91 Å². The van der Waals surface area contributed by atoms with Gasteiger partial charge in [-0.05, 0) is 0 Å². The van der Waals surface area contributed by atoms with Crippen LogP contribution in [0.15, 0.2) is 41.1 Å². The van der Waals surface area contributed by atoms with Crippen LogP contribution in [0, 0.1) is 0 Å². The standard InChI is InChI=1S/C17H18N2O4/c20-16(19-8-6-17(7-9-19)21-10-11-22-17)14-12-18-23-15(14)13-4-2-1-3-5-13/h1-5,12H,6-11H2. The van der Waals surface area contributed by atoms with Crippen molar-refractivity contribution in [3.63, 3.8) is 0 Å². The van der Waals surface area contributed by atoms with Gasteiger partial charge in [0.05, 0.1) is 19.4 Å². The first-order chi connectivity index (χ1) is 11.3. The molecule has 0 bridgehead atoms. The summed E-state index contributed by atoms with van der Waals surface area (Å²) in [6.07, 6.45) is 2.90. The molecule has 0 radical (unpaired) electrons. The molecule has 1 amide bonds. The lowest BCUT2D eigenvalue weighted by Gasteiger charge is -2.37. The summed E-state index contributed by atoms with van der Waals surface area (Å²) in [5.74, 6) is -0.0181. The third-order valence-corrected chi connectivity index (χ3v) is 4.46. The fourth-order valence-electron chi connectivity index (χ4n) is 3.20. The van der Waals surface area contributed by atoms with Crippen LogP contribution < -0.4 is 0 Å². The van der Waals surface area contributed by atoms with Crippen molar-refractivity contribution in [2.45, 2.75) is 18.6 Å². The number of benzene rings is 1. The fraction of sp³-hybridized carbons (Fsp3) is 0.412. The molecule has 0 N–H and O–H groups in total. The van der Waals surface area contributed by atoms with Crippen molar-refractivity contribution in [1.82, 2.24) is 10.1 Å². The van der Waals surface area contributed by atoms with Crippen LogP contribution in [0.1, 0.15) is 23.2 Å². The molecule has 1 spiro atoms. The molecule has 0 unspecified atom stereocenters. The number of nitrogens with zero attached hydrogens (tertiary/aromatic N) is 2. The zero-order chi connectivity index (χ0) is 15.7. The number of hydrogen-bond donors (Lipinski definition) is 0. The number of carbonyl (C=O) groups is 1. The second-order valence-electron chi connectivity index (χ2n) is 5.83. The molecule has 0 aliphatic carbocycles. The molecule has 2 aliphatic rings. The van der Waals surface area contributed by atoms with E-state index in [0.717, 1.165) is 5.56 Å². The molecule has 3 heterocycles. The third kappa shape index (κ3) is 2.64. The molecule has 0 saturated carbocycles. The number of ether oxygens (including phenoxy) is 2. The zero-order valence-electron chi connectivity index (χ0n) is 12.7. The molecule has 1 aromatic carbocycles. The summed E-state index contributed by atoms with van der Waals surface area (Å²) < 4.78 is 16.7. The lowest BCUT2D eigenvalue weighted by atomic mass is 10.0. The van der Waals surface area contributed by atoms with Crippen LogP contribution in [-0.2, 0) is 9.47 Å². The molecule has 120 valence electrons. The van der Waals surface area contributed by atoms with Gasteiger partial charge in [-0.3, -0.25) is 4.79 Å². The summed E-state index contributed by atoms with van der Waals surface area (Å²) in [5, 5.41) is 3.81. The van der Waals surface area contributed by atoms with Crippen LogP contribution in [0.25, 0.3) is 11.3 Å². The van der Waals surface area contributed by atoms with E-state index in [2.05, 4.69) is 5.16 Å². The summed E-state index contributed by atoms with van der Waals surface area (Å²) in [6, 6.07) is 9.55. The second-order valence-corrected chi connectivity index (χ2v) is 5.83. The molecular weight excluding hydrogens is 296 g/mol. The average Bonchev–Trinajstić information content (AvgIpc) is 3.26. The minimum Gasteiger partial charge on any atom is -0.355 e. The summed E-state index contributed by atoms with van der Waals surface area (Å²) in [7, 11) is 0. The number of aromatic nitrogens is 1. The Morgan fingerprint density at radius 2 is 1.78 bits per heavy atom. The van der Waals surface area contributed by atoms with Crippen LogP contribution in [0.3, 0.4) is 0 Å². The Morgan fingerprint density at radius 1 is 1.09 bits per heavy atom. The van der Waals surface area contributed by atoms with Crippen molar-refractivity contribution in [1.29, 1.82) is 0 Å². The third-order valence-electron chi connectivity index (χ3n) is 4.46. The maximum absolute atomic E-state index is 12.8. The number of piperidine rings is 1. The average molecular weight is 314 g/mol. The van der Waals surface area contributed by atoms with Gasteiger partial charge >= 0.3 is 0 Å². The Hall–Kier alpha value is -2.18. The molecule has 2 fully saturated rings. The van der Waals surface area contributed by atoms with E-state index in [1.54, 1.807) is 0 Å². The summed E-state index contributed by atoms with van der Waals surface area (Å²) in [4.78, 5) is 14.6. The number of hydrogen-bond acceptors (Lipinski definition) is 5. The lowest BCUT2D eigenvalue weighted by Crippen LogP contribution is -2.47. The van der Waals surface area contributed by atoms with Crippen molar-refractivity contribution in [3.8, 4) is 11.3 Å². The minimum absolute atomic E-state index is 0.0575. The predicted molar refractivity (Wildman–Crippen MR) is 81.7 cm³/mol. The van der Waals surface area contributed by atoms with E-state index in [9.17, 15) is 4.79 Å². The Labute approximate surface area is 134 Å². The smallest absolute Gasteiger partial charge is 0.259 e. The van der Waals surface area contributed by atoms with E-state index in [1.165, 1.54) is 6.20 Å². The van der Waals surface area contributed by atoms with Crippen molar-refractivity contribution in [2.75, 3.05) is 26.3 Å². The molecule has 2 aromatic rings. The first-order valence-electron chi connectivity index (χ1n) is 7.85. The first kappa shape index (κ1) is 14.4. The number of carbonyl (C=O) groups excluding carboxylic acids is 1. The van der Waals surface area contributed by atoms with E-state index in [0.29, 0.717) is 50.5 Å². The summed E-state index contributed by atoms with van der Waals surface area (Å²) in [6.45, 7) is 2.49. The normalized spacial score (nSPS) is 20.1. The van der Waals surface area contributed by atoms with Gasteiger partial charge in [-0.1, -0.05) is 35.5 Å². The second kappa shape index (κ2) is 5.79. The fourth-order valence-corrected chi connectivity index (χ4v) is 3.20. The highest BCUT2D eigenvalue weighted by Crippen LogP contribution is 2.32. The van der Waals surface area contributed by atoms with Gasteiger partial charge in [0.25, 0.3) is 5.91 Å². The lowest BCUT2D eigenvalue weighted by molar-refractivity contribution is -0.181. The molecule has 1 aromatic heterocycles. The van der Waals surface area contributed by atoms with Crippen molar-refractivity contribution < 1.29 is 18.8 Å². The molecular formula is C17H18N2O4. The van der Waals surface area contributed by atoms with Gasteiger partial charge in [0.2, 0.25) is 0 Å². The first-order valence-corrected chi connectivity index (χ1v) is 7.85. The van der Waals surface area contributed by atoms with Crippen molar-refractivity contribution in [3.05, 3.63) is 42.1 Å². The van der Waals surface area contributed by atoms with Crippen LogP contribution in [0.5, 0.6) is 0 Å². The van der Waals surface area contributed by atoms with Crippen LogP contribution in [-0.4, -0.2) is 48.1 Å². The summed E-state index contributed by atoms with van der Waals surface area (Å²) in [5.41, 5.74) is 1.35. The van der Waals surface area contributed by atoms with Crippen molar-refractivity contribution in [2.24, 2.45) is 0 Å². The van der Waals surface area contributed by atoms with E-state index in [1.807, 2.05) is 35.2 Å². The van der Waals surface area contributed by atoms with Crippen LogP contribution in [0.4, 0.5) is 0 Å². The van der Waals surface area contributed by atoms with Gasteiger partial charge in [0, 0.05) is 31.5 Å². The number of rotatable bonds is 2. The zero-order valence-corrected chi connectivity index (χ0v) is 12.7. The largest absolute Gasteiger partial charge is 0.355 e. The minimum atomic E-state index is -0.478. The van der Waals surface area contributed by atoms with E-state index >= 15 is 0 Å². The Bertz CT molecular complexity index is 682. The highest BCUT2D eigenvalue weighted by molar-refractivity contribution is 5.99. The highest BCUT2D eigenvalue weighted by Gasteiger charge is 2.41. The quantitative estimate of drug-likeness (QED) is 0.851. The molecule has 4 rings (SSSR count). The molecule has 2 saturated heterocycles. The summed E-state index contributed by atoms with van der Waals surface area (Å²) >= 11 is 0. The van der Waals surface area contributed by atoms with Gasteiger partial charge in [0.1, 0.15) is 5.56 Å². The molecule has 23 heavy (non-hydrogen) atoms. The molecule has 0 atom stereocenters. The van der Waals surface area contributed by atoms with Gasteiger partial charge in [0.15, 0.2) is 11.5 Å². The maximum atomic E-state index is 12.8. The van der Waals surface area contributed by atoms with E-state index in [4.69, 9.17) is 14.0 Å². The molecule has 6 heteroatoms. The van der Waals surface area contributed by atoms with Gasteiger partial charge < -0.3 is 18.9 Å². The molecule has 2 aliphatic heterocycles. The van der Waals surface area contributed by atoms with Crippen LogP contribution in [0.2, 0.25) is 0 Å². The Kier molecular flexibility index (Phi) is 3.63. The highest BCUT2D eigenvalue weighted by atomic mass is 16.7. The topological polar surface area (TPSA) is 64.8 Å². The Balaban J connectivity index is 1.51. The predicted octanol–water partition coefficient (Wildman–Crippen LogP) is 2.32. The van der Waals surface area contributed by atoms with E-state index in [-0.39, 0.29) is 5.91 Å². The Morgan fingerprint density at radius 3 is 2.48 bits per heavy atom. The van der Waals surface area contributed by atoms with Gasteiger partial charge in [-0.25, -0.2) is 0 Å². The van der Waals surface area contributed by atoms with Gasteiger partial charge in [-0.2, -0.15) is 0 Å².